The van der Waals surface area contributed by atoms with Gasteiger partial charge in [0.05, 0.1) is 22.3 Å². The van der Waals surface area contributed by atoms with Gasteiger partial charge in [0.2, 0.25) is 10.0 Å². The van der Waals surface area contributed by atoms with Gasteiger partial charge in [-0.05, 0) is 68.7 Å². The first-order valence-corrected chi connectivity index (χ1v) is 12.6. The van der Waals surface area contributed by atoms with Gasteiger partial charge in [0.15, 0.2) is 0 Å². The molecule has 0 radical (unpaired) electrons. The summed E-state index contributed by atoms with van der Waals surface area (Å²) in [7, 11) is -4.05. The summed E-state index contributed by atoms with van der Waals surface area (Å²) >= 11 is 0. The van der Waals surface area contributed by atoms with Gasteiger partial charge in [0.1, 0.15) is 18.4 Å². The molecule has 11 nitrogen and oxygen atoms in total. The average Bonchev–Trinajstić information content (AvgIpc) is 3.35. The third kappa shape index (κ3) is 7.29. The maximum atomic E-state index is 12.7. The molecule has 0 bridgehead atoms. The first-order chi connectivity index (χ1) is 17.3. The third-order valence-electron chi connectivity index (χ3n) is 5.23. The van der Waals surface area contributed by atoms with E-state index < -0.39 is 22.0 Å². The van der Waals surface area contributed by atoms with Crippen LogP contribution < -0.4 is 20.3 Å². The van der Waals surface area contributed by atoms with Crippen molar-refractivity contribution in [1.82, 2.24) is 25.5 Å². The quantitative estimate of drug-likeness (QED) is 0.107. The Morgan fingerprint density at radius 1 is 1.17 bits per heavy atom. The maximum absolute atomic E-state index is 12.7. The molecule has 1 aromatic heterocycles. The molecule has 2 amide bonds. The zero-order valence-electron chi connectivity index (χ0n) is 19.6. The number of H-pyrrole nitrogens is 1. The standard InChI is InChI=1S/C24H27N5O6S/c1-2-3-14-35-18-8-10-19(11-9-18)36(33,34)29-21(24(31)28-32)6-4-5-13-25-23(30)17-7-12-20-22(15-17)27-16-26-20/h7-12,15-16,21,29,32H,4-6,13-14H2,1H3,(H,25,30)(H,26,27)(H,28,31). The smallest absolute Gasteiger partial charge is 0.261 e. The highest BCUT2D eigenvalue weighted by Crippen LogP contribution is 2.17. The van der Waals surface area contributed by atoms with Crippen LogP contribution in [0.2, 0.25) is 0 Å². The van der Waals surface area contributed by atoms with Gasteiger partial charge in [0, 0.05) is 12.1 Å². The molecular weight excluding hydrogens is 486 g/mol. The number of imidazole rings is 1. The molecule has 1 unspecified atom stereocenters. The van der Waals surface area contributed by atoms with Gasteiger partial charge >= 0.3 is 0 Å². The van der Waals surface area contributed by atoms with Crippen LogP contribution in [0.5, 0.6) is 5.75 Å². The summed E-state index contributed by atoms with van der Waals surface area (Å²) in [5, 5.41) is 11.8. The molecule has 0 fully saturated rings. The lowest BCUT2D eigenvalue weighted by Gasteiger charge is -2.17. The number of hydroxylamine groups is 1. The minimum atomic E-state index is -4.05. The fraction of sp³-hybridized carbons (Fsp3) is 0.292. The molecule has 12 heteroatoms. The van der Waals surface area contributed by atoms with Crippen molar-refractivity contribution in [3.8, 4) is 17.6 Å². The van der Waals surface area contributed by atoms with Crippen molar-refractivity contribution in [1.29, 1.82) is 0 Å². The Kier molecular flexibility index (Phi) is 9.40. The van der Waals surface area contributed by atoms with Gasteiger partial charge in [-0.3, -0.25) is 14.8 Å². The Balaban J connectivity index is 1.50. The summed E-state index contributed by atoms with van der Waals surface area (Å²) in [6.07, 6.45) is 2.55. The number of hydrogen-bond donors (Lipinski definition) is 5. The molecule has 0 spiro atoms. The molecule has 3 aromatic rings. The van der Waals surface area contributed by atoms with Crippen LogP contribution in [0.25, 0.3) is 11.0 Å². The van der Waals surface area contributed by atoms with Crippen molar-refractivity contribution in [2.24, 2.45) is 0 Å². The van der Waals surface area contributed by atoms with E-state index in [2.05, 4.69) is 31.8 Å². The number of aromatic amines is 1. The van der Waals surface area contributed by atoms with Crippen LogP contribution in [0.4, 0.5) is 0 Å². The first kappa shape index (κ1) is 26.7. The Labute approximate surface area is 208 Å². The predicted molar refractivity (Wildman–Crippen MR) is 132 cm³/mol. The lowest BCUT2D eigenvalue weighted by molar-refractivity contribution is -0.131. The molecule has 0 aliphatic heterocycles. The number of ether oxygens (including phenoxy) is 1. The molecule has 5 N–H and O–H groups in total. The fourth-order valence-electron chi connectivity index (χ4n) is 3.33. The van der Waals surface area contributed by atoms with Crippen LogP contribution in [0.3, 0.4) is 0 Å². The normalized spacial score (nSPS) is 11.8. The number of benzene rings is 2. The Morgan fingerprint density at radius 2 is 1.94 bits per heavy atom. The zero-order valence-corrected chi connectivity index (χ0v) is 20.4. The van der Waals surface area contributed by atoms with E-state index in [1.807, 2.05) is 0 Å². The zero-order chi connectivity index (χ0) is 26.0. The summed E-state index contributed by atoms with van der Waals surface area (Å²) < 4.78 is 33.2. The van der Waals surface area contributed by atoms with Crippen LogP contribution in [-0.4, -0.2) is 54.6 Å². The predicted octanol–water partition coefficient (Wildman–Crippen LogP) is 1.72. The number of unbranched alkanes of at least 4 members (excludes halogenated alkanes) is 1. The molecule has 2 aromatic carbocycles. The largest absolute Gasteiger partial charge is 0.481 e. The Hall–Kier alpha value is -3.92. The molecule has 1 heterocycles. The molecule has 1 atom stereocenters. The monoisotopic (exact) mass is 513 g/mol. The summed E-state index contributed by atoms with van der Waals surface area (Å²) in [5.41, 5.74) is 3.47. The number of fused-ring (bicyclic) bond motifs is 1. The van der Waals surface area contributed by atoms with Crippen molar-refractivity contribution in [3.63, 3.8) is 0 Å². The number of carbonyl (C=O) groups is 2. The molecule has 190 valence electrons. The van der Waals surface area contributed by atoms with E-state index >= 15 is 0 Å². The Morgan fingerprint density at radius 3 is 2.67 bits per heavy atom. The summed E-state index contributed by atoms with van der Waals surface area (Å²) in [4.78, 5) is 31.4. The highest BCUT2D eigenvalue weighted by molar-refractivity contribution is 7.89. The van der Waals surface area contributed by atoms with Crippen molar-refractivity contribution in [3.05, 3.63) is 54.4 Å². The van der Waals surface area contributed by atoms with Crippen molar-refractivity contribution >= 4 is 32.9 Å². The minimum absolute atomic E-state index is 0.0618. The number of sulfonamides is 1. The second-order valence-corrected chi connectivity index (χ2v) is 9.44. The van der Waals surface area contributed by atoms with Gasteiger partial charge in [0.25, 0.3) is 11.8 Å². The number of nitrogens with zero attached hydrogens (tertiary/aromatic N) is 1. The number of aromatic nitrogens is 2. The van der Waals surface area contributed by atoms with Gasteiger partial charge in [-0.1, -0.05) is 5.92 Å². The van der Waals surface area contributed by atoms with Crippen LogP contribution in [0.15, 0.2) is 53.7 Å². The van der Waals surface area contributed by atoms with E-state index in [0.29, 0.717) is 36.2 Å². The summed E-state index contributed by atoms with van der Waals surface area (Å²) in [6.45, 7) is 2.18. The van der Waals surface area contributed by atoms with Crippen LogP contribution in [0.1, 0.15) is 36.5 Å². The van der Waals surface area contributed by atoms with E-state index in [0.717, 1.165) is 5.52 Å². The molecule has 3 rings (SSSR count). The number of amides is 2. The third-order valence-corrected chi connectivity index (χ3v) is 6.72. The highest BCUT2D eigenvalue weighted by atomic mass is 32.2. The number of carbonyl (C=O) groups excluding carboxylic acids is 2. The van der Waals surface area contributed by atoms with E-state index in [-0.39, 0.29) is 23.8 Å². The Bertz CT molecular complexity index is 1360. The molecule has 36 heavy (non-hydrogen) atoms. The topological polar surface area (TPSA) is 163 Å². The number of nitrogens with one attached hydrogen (secondary N) is 4. The second-order valence-electron chi connectivity index (χ2n) is 7.72. The SMILES string of the molecule is CC#CCOc1ccc(S(=O)(=O)NC(CCCCNC(=O)c2ccc3[nH]cnc3c2)C(=O)NO)cc1. The van der Waals surface area contributed by atoms with E-state index in [1.54, 1.807) is 31.5 Å². The van der Waals surface area contributed by atoms with Gasteiger partial charge in [-0.25, -0.2) is 18.9 Å². The molecule has 0 aliphatic rings. The fourth-order valence-corrected chi connectivity index (χ4v) is 4.56. The summed E-state index contributed by atoms with van der Waals surface area (Å²) in [6, 6.07) is 9.59. The van der Waals surface area contributed by atoms with Crippen LogP contribution in [0, 0.1) is 11.8 Å². The average molecular weight is 514 g/mol. The molecule has 0 aliphatic carbocycles. The van der Waals surface area contributed by atoms with E-state index in [9.17, 15) is 18.0 Å². The molecule has 0 saturated heterocycles. The number of rotatable bonds is 12. The van der Waals surface area contributed by atoms with Gasteiger partial charge < -0.3 is 15.0 Å². The van der Waals surface area contributed by atoms with Crippen molar-refractivity contribution in [2.75, 3.05) is 13.2 Å². The first-order valence-electron chi connectivity index (χ1n) is 11.1. The van der Waals surface area contributed by atoms with E-state index in [4.69, 9.17) is 9.94 Å². The van der Waals surface area contributed by atoms with Crippen molar-refractivity contribution in [2.45, 2.75) is 37.1 Å². The van der Waals surface area contributed by atoms with Crippen LogP contribution >= 0.6 is 0 Å². The van der Waals surface area contributed by atoms with Crippen molar-refractivity contribution < 1.29 is 28.0 Å². The highest BCUT2D eigenvalue weighted by Gasteiger charge is 2.25. The van der Waals surface area contributed by atoms with E-state index in [1.165, 1.54) is 29.7 Å². The van der Waals surface area contributed by atoms with Gasteiger partial charge in [-0.2, -0.15) is 4.72 Å². The van der Waals surface area contributed by atoms with Gasteiger partial charge in [-0.15, -0.1) is 5.92 Å². The number of hydrogen-bond acceptors (Lipinski definition) is 7. The lowest BCUT2D eigenvalue weighted by Crippen LogP contribution is -2.45. The summed E-state index contributed by atoms with van der Waals surface area (Å²) in [5.74, 6) is 4.73. The maximum Gasteiger partial charge on any atom is 0.261 e. The molecular formula is C24H27N5O6S. The second kappa shape index (κ2) is 12.7. The lowest BCUT2D eigenvalue weighted by atomic mass is 10.1. The minimum Gasteiger partial charge on any atom is -0.481 e. The van der Waals surface area contributed by atoms with Crippen LogP contribution in [-0.2, 0) is 14.8 Å². The molecule has 0 saturated carbocycles.